The Kier molecular flexibility index (Phi) is 2.86. The van der Waals surface area contributed by atoms with Gasteiger partial charge in [-0.25, -0.2) is 8.78 Å². The van der Waals surface area contributed by atoms with Crippen LogP contribution in [0.15, 0.2) is 48.5 Å². The summed E-state index contributed by atoms with van der Waals surface area (Å²) in [7, 11) is 0. The molecule has 1 aliphatic carbocycles. The molecular formula is C16H15F2N. The third kappa shape index (κ3) is 1.94. The van der Waals surface area contributed by atoms with Gasteiger partial charge >= 0.3 is 0 Å². The minimum absolute atomic E-state index is 0.00357. The summed E-state index contributed by atoms with van der Waals surface area (Å²) in [5.41, 5.74) is 6.94. The minimum Gasteiger partial charge on any atom is -0.323 e. The van der Waals surface area contributed by atoms with Crippen LogP contribution in [0.1, 0.15) is 30.0 Å². The molecule has 0 aliphatic heterocycles. The molecule has 1 atom stereocenters. The molecule has 0 aromatic heterocycles. The lowest BCUT2D eigenvalue weighted by Crippen LogP contribution is -2.28. The summed E-state index contributed by atoms with van der Waals surface area (Å²) in [6.07, 6.45) is 1.73. The molecule has 0 saturated heterocycles. The van der Waals surface area contributed by atoms with Crippen molar-refractivity contribution < 1.29 is 8.78 Å². The molecule has 1 fully saturated rings. The first-order chi connectivity index (χ1) is 9.15. The Bertz CT molecular complexity index is 571. The Morgan fingerprint density at radius 2 is 1.47 bits per heavy atom. The summed E-state index contributed by atoms with van der Waals surface area (Å²) in [4.78, 5) is 0. The zero-order chi connectivity index (χ0) is 13.5. The van der Waals surface area contributed by atoms with Gasteiger partial charge in [-0.2, -0.15) is 0 Å². The highest BCUT2D eigenvalue weighted by Crippen LogP contribution is 2.56. The minimum atomic E-state index is -0.643. The lowest BCUT2D eigenvalue weighted by Gasteiger charge is -2.25. The van der Waals surface area contributed by atoms with Crippen LogP contribution in [0, 0.1) is 11.6 Å². The van der Waals surface area contributed by atoms with Crippen LogP contribution in [0.3, 0.4) is 0 Å². The lowest BCUT2D eigenvalue weighted by molar-refractivity contribution is 0.469. The van der Waals surface area contributed by atoms with Gasteiger partial charge in [0.1, 0.15) is 11.6 Å². The van der Waals surface area contributed by atoms with Gasteiger partial charge < -0.3 is 5.73 Å². The van der Waals surface area contributed by atoms with Crippen LogP contribution >= 0.6 is 0 Å². The van der Waals surface area contributed by atoms with Crippen molar-refractivity contribution in [3.63, 3.8) is 0 Å². The number of rotatable bonds is 3. The molecule has 0 heterocycles. The second-order valence-electron chi connectivity index (χ2n) is 5.14. The highest BCUT2D eigenvalue weighted by atomic mass is 19.1. The van der Waals surface area contributed by atoms with E-state index in [9.17, 15) is 8.78 Å². The summed E-state index contributed by atoms with van der Waals surface area (Å²) in [6.45, 7) is 0. The fourth-order valence-corrected chi connectivity index (χ4v) is 2.77. The molecule has 1 aliphatic rings. The van der Waals surface area contributed by atoms with Crippen molar-refractivity contribution in [2.24, 2.45) is 5.73 Å². The molecule has 2 aromatic rings. The molecule has 98 valence electrons. The van der Waals surface area contributed by atoms with Gasteiger partial charge in [0.25, 0.3) is 0 Å². The standard InChI is InChI=1S/C16H15F2N/c17-12-7-4-8-13(18)14(12)15(19)16(9-10-16)11-5-2-1-3-6-11/h1-8,15H,9-10,19H2. The first kappa shape index (κ1) is 12.3. The summed E-state index contributed by atoms with van der Waals surface area (Å²) in [5.74, 6) is -1.12. The predicted molar refractivity (Wildman–Crippen MR) is 70.6 cm³/mol. The average Bonchev–Trinajstić information content (AvgIpc) is 3.21. The van der Waals surface area contributed by atoms with E-state index >= 15 is 0 Å². The van der Waals surface area contributed by atoms with Gasteiger partial charge in [0.15, 0.2) is 0 Å². The van der Waals surface area contributed by atoms with Gasteiger partial charge in [0, 0.05) is 17.0 Å². The number of nitrogens with two attached hydrogens (primary N) is 1. The van der Waals surface area contributed by atoms with Gasteiger partial charge in [-0.05, 0) is 30.5 Å². The molecule has 19 heavy (non-hydrogen) atoms. The Hall–Kier alpha value is -1.74. The van der Waals surface area contributed by atoms with E-state index in [4.69, 9.17) is 5.73 Å². The van der Waals surface area contributed by atoms with Crippen LogP contribution < -0.4 is 5.73 Å². The number of halogens is 2. The van der Waals surface area contributed by atoms with Crippen molar-refractivity contribution >= 4 is 0 Å². The lowest BCUT2D eigenvalue weighted by atomic mass is 9.84. The zero-order valence-electron chi connectivity index (χ0n) is 10.4. The third-order valence-electron chi connectivity index (χ3n) is 4.04. The quantitative estimate of drug-likeness (QED) is 0.893. The number of benzene rings is 2. The maximum absolute atomic E-state index is 13.9. The van der Waals surface area contributed by atoms with E-state index in [2.05, 4.69) is 0 Å². The predicted octanol–water partition coefficient (Wildman–Crippen LogP) is 3.70. The van der Waals surface area contributed by atoms with Crippen LogP contribution in [0.25, 0.3) is 0 Å². The Morgan fingerprint density at radius 3 is 2.00 bits per heavy atom. The topological polar surface area (TPSA) is 26.0 Å². The molecule has 3 heteroatoms. The van der Waals surface area contributed by atoms with E-state index in [-0.39, 0.29) is 11.0 Å². The van der Waals surface area contributed by atoms with Gasteiger partial charge in [0.05, 0.1) is 0 Å². The smallest absolute Gasteiger partial charge is 0.130 e. The van der Waals surface area contributed by atoms with Crippen molar-refractivity contribution in [1.29, 1.82) is 0 Å². The van der Waals surface area contributed by atoms with E-state index in [0.717, 1.165) is 18.4 Å². The fraction of sp³-hybridized carbons (Fsp3) is 0.250. The van der Waals surface area contributed by atoms with Crippen molar-refractivity contribution in [2.75, 3.05) is 0 Å². The monoisotopic (exact) mass is 259 g/mol. The molecule has 1 unspecified atom stereocenters. The molecule has 0 bridgehead atoms. The maximum Gasteiger partial charge on any atom is 0.130 e. The van der Waals surface area contributed by atoms with Crippen molar-refractivity contribution in [3.8, 4) is 0 Å². The van der Waals surface area contributed by atoms with Crippen LogP contribution in [-0.4, -0.2) is 0 Å². The summed E-state index contributed by atoms with van der Waals surface area (Å²) in [5, 5.41) is 0. The van der Waals surface area contributed by atoms with E-state index in [1.54, 1.807) is 0 Å². The molecule has 1 saturated carbocycles. The van der Waals surface area contributed by atoms with Gasteiger partial charge in [-0.1, -0.05) is 36.4 Å². The van der Waals surface area contributed by atoms with E-state index in [1.165, 1.54) is 18.2 Å². The van der Waals surface area contributed by atoms with Crippen molar-refractivity contribution in [2.45, 2.75) is 24.3 Å². The van der Waals surface area contributed by atoms with Crippen LogP contribution in [0.2, 0.25) is 0 Å². The van der Waals surface area contributed by atoms with Crippen molar-refractivity contribution in [1.82, 2.24) is 0 Å². The maximum atomic E-state index is 13.9. The van der Waals surface area contributed by atoms with Gasteiger partial charge in [-0.3, -0.25) is 0 Å². The molecule has 2 N–H and O–H groups in total. The first-order valence-corrected chi connectivity index (χ1v) is 6.40. The summed E-state index contributed by atoms with van der Waals surface area (Å²) < 4.78 is 27.7. The van der Waals surface area contributed by atoms with Crippen LogP contribution in [0.4, 0.5) is 8.78 Å². The fourth-order valence-electron chi connectivity index (χ4n) is 2.77. The molecule has 1 nitrogen and oxygen atoms in total. The zero-order valence-corrected chi connectivity index (χ0v) is 10.4. The van der Waals surface area contributed by atoms with E-state index in [1.807, 2.05) is 30.3 Å². The normalized spacial score (nSPS) is 18.1. The molecule has 0 amide bonds. The Labute approximate surface area is 111 Å². The van der Waals surface area contributed by atoms with Crippen LogP contribution in [-0.2, 0) is 5.41 Å². The Morgan fingerprint density at radius 1 is 0.895 bits per heavy atom. The highest BCUT2D eigenvalue weighted by molar-refractivity contribution is 5.39. The summed E-state index contributed by atoms with van der Waals surface area (Å²) in [6, 6.07) is 13.0. The third-order valence-corrected chi connectivity index (χ3v) is 4.04. The second-order valence-corrected chi connectivity index (χ2v) is 5.14. The molecule has 0 spiro atoms. The van der Waals surface area contributed by atoms with Crippen LogP contribution in [0.5, 0.6) is 0 Å². The number of hydrogen-bond donors (Lipinski definition) is 1. The molecule has 2 aromatic carbocycles. The first-order valence-electron chi connectivity index (χ1n) is 6.40. The molecule has 3 rings (SSSR count). The van der Waals surface area contributed by atoms with Gasteiger partial charge in [-0.15, -0.1) is 0 Å². The van der Waals surface area contributed by atoms with Gasteiger partial charge in [0.2, 0.25) is 0 Å². The largest absolute Gasteiger partial charge is 0.323 e. The molecule has 0 radical (unpaired) electrons. The second kappa shape index (κ2) is 4.42. The van der Waals surface area contributed by atoms with Crippen molar-refractivity contribution in [3.05, 3.63) is 71.3 Å². The SMILES string of the molecule is NC(c1c(F)cccc1F)C1(c2ccccc2)CC1. The molecular weight excluding hydrogens is 244 g/mol. The average molecular weight is 259 g/mol. The van der Waals surface area contributed by atoms with E-state index < -0.39 is 17.7 Å². The highest BCUT2D eigenvalue weighted by Gasteiger charge is 2.50. The van der Waals surface area contributed by atoms with E-state index in [0.29, 0.717) is 0 Å². The summed E-state index contributed by atoms with van der Waals surface area (Å²) >= 11 is 0. The number of hydrogen-bond acceptors (Lipinski definition) is 1. The Balaban J connectivity index is 2.03.